The summed E-state index contributed by atoms with van der Waals surface area (Å²) in [5, 5.41) is 14.4. The van der Waals surface area contributed by atoms with Crippen LogP contribution < -0.4 is 10.6 Å². The van der Waals surface area contributed by atoms with Crippen LogP contribution >= 0.6 is 12.2 Å². The second kappa shape index (κ2) is 8.92. The molecule has 0 saturated heterocycles. The van der Waals surface area contributed by atoms with Crippen LogP contribution in [0, 0.1) is 0 Å². The summed E-state index contributed by atoms with van der Waals surface area (Å²) in [5.41, 5.74) is 2.77. The molecular weight excluding hydrogens is 348 g/mol. The highest BCUT2D eigenvalue weighted by Gasteiger charge is 2.05. The van der Waals surface area contributed by atoms with Crippen LogP contribution in [0.2, 0.25) is 0 Å². The van der Waals surface area contributed by atoms with Crippen LogP contribution in [0.3, 0.4) is 0 Å². The third kappa shape index (κ3) is 5.82. The van der Waals surface area contributed by atoms with Gasteiger partial charge in [-0.15, -0.1) is 0 Å². The maximum Gasteiger partial charge on any atom is 0.335 e. The lowest BCUT2D eigenvalue weighted by Gasteiger charge is -2.08. The lowest BCUT2D eigenvalue weighted by atomic mass is 10.0. The van der Waals surface area contributed by atoms with E-state index in [9.17, 15) is 9.59 Å². The number of nitrogens with one attached hydrogen (secondary N) is 2. The largest absolute Gasteiger partial charge is 0.478 e. The van der Waals surface area contributed by atoms with Crippen molar-refractivity contribution in [1.82, 2.24) is 5.32 Å². The van der Waals surface area contributed by atoms with Crippen molar-refractivity contribution in [3.8, 4) is 0 Å². The van der Waals surface area contributed by atoms with E-state index < -0.39 is 5.97 Å². The van der Waals surface area contributed by atoms with Crippen LogP contribution in [-0.4, -0.2) is 22.1 Å². The molecule has 2 aromatic carbocycles. The zero-order chi connectivity index (χ0) is 19.1. The normalized spacial score (nSPS) is 10.7. The van der Waals surface area contributed by atoms with Crippen LogP contribution in [0.1, 0.15) is 41.3 Å². The van der Waals surface area contributed by atoms with E-state index in [-0.39, 0.29) is 16.6 Å². The topological polar surface area (TPSA) is 78.4 Å². The van der Waals surface area contributed by atoms with E-state index in [1.165, 1.54) is 23.8 Å². The van der Waals surface area contributed by atoms with E-state index in [4.69, 9.17) is 17.3 Å². The highest BCUT2D eigenvalue weighted by molar-refractivity contribution is 7.80. The van der Waals surface area contributed by atoms with Crippen LogP contribution in [0.15, 0.2) is 54.6 Å². The quantitative estimate of drug-likeness (QED) is 0.548. The number of carbonyl (C=O) groups is 2. The lowest BCUT2D eigenvalue weighted by Crippen LogP contribution is -2.32. The van der Waals surface area contributed by atoms with Gasteiger partial charge in [0, 0.05) is 11.8 Å². The van der Waals surface area contributed by atoms with Crippen LogP contribution in [0.4, 0.5) is 5.69 Å². The Morgan fingerprint density at radius 3 is 2.42 bits per heavy atom. The zero-order valence-corrected chi connectivity index (χ0v) is 15.3. The van der Waals surface area contributed by atoms with Gasteiger partial charge in [0.05, 0.1) is 5.56 Å². The highest BCUT2D eigenvalue weighted by Crippen LogP contribution is 2.15. The lowest BCUT2D eigenvalue weighted by molar-refractivity contribution is -0.115. The molecule has 0 saturated carbocycles. The molecule has 0 atom stereocenters. The first-order chi connectivity index (χ1) is 12.3. The summed E-state index contributed by atoms with van der Waals surface area (Å²) in [6.45, 7) is 4.25. The molecule has 3 N–H and O–H groups in total. The summed E-state index contributed by atoms with van der Waals surface area (Å²) >= 11 is 5.07. The van der Waals surface area contributed by atoms with Crippen molar-refractivity contribution in [3.05, 3.63) is 71.3 Å². The van der Waals surface area contributed by atoms with Crippen molar-refractivity contribution in [1.29, 1.82) is 0 Å². The average Bonchev–Trinajstić information content (AvgIpc) is 2.60. The second-order valence-electron chi connectivity index (χ2n) is 5.98. The smallest absolute Gasteiger partial charge is 0.335 e. The molecule has 1 amide bonds. The van der Waals surface area contributed by atoms with Gasteiger partial charge in [-0.1, -0.05) is 44.2 Å². The molecule has 2 aromatic rings. The van der Waals surface area contributed by atoms with Gasteiger partial charge >= 0.3 is 5.97 Å². The fraction of sp³-hybridized carbons (Fsp3) is 0.150. The summed E-state index contributed by atoms with van der Waals surface area (Å²) in [6.07, 6.45) is 3.10. The van der Waals surface area contributed by atoms with Gasteiger partial charge in [0.25, 0.3) is 0 Å². The molecule has 0 heterocycles. The van der Waals surface area contributed by atoms with E-state index in [1.54, 1.807) is 18.2 Å². The minimum atomic E-state index is -1.03. The van der Waals surface area contributed by atoms with Crippen molar-refractivity contribution in [2.75, 3.05) is 5.32 Å². The number of amides is 1. The molecule has 0 radical (unpaired) electrons. The number of aromatic carboxylic acids is 1. The van der Waals surface area contributed by atoms with E-state index in [1.807, 2.05) is 24.3 Å². The molecule has 0 bridgehead atoms. The molecule has 6 heteroatoms. The molecule has 5 nitrogen and oxygen atoms in total. The molecule has 0 aliphatic carbocycles. The van der Waals surface area contributed by atoms with Gasteiger partial charge in [-0.05, 0) is 53.5 Å². The van der Waals surface area contributed by atoms with Gasteiger partial charge in [-0.2, -0.15) is 0 Å². The van der Waals surface area contributed by atoms with Gasteiger partial charge in [0.2, 0.25) is 5.91 Å². The monoisotopic (exact) mass is 368 g/mol. The van der Waals surface area contributed by atoms with Gasteiger partial charge in [0.15, 0.2) is 5.11 Å². The zero-order valence-electron chi connectivity index (χ0n) is 14.5. The third-order valence-electron chi connectivity index (χ3n) is 3.63. The Kier molecular flexibility index (Phi) is 6.63. The average molecular weight is 368 g/mol. The first kappa shape index (κ1) is 19.3. The predicted octanol–water partition coefficient (Wildman–Crippen LogP) is 4.03. The highest BCUT2D eigenvalue weighted by atomic mass is 32.1. The number of rotatable bonds is 5. The van der Waals surface area contributed by atoms with Crippen molar-refractivity contribution in [2.45, 2.75) is 19.8 Å². The molecule has 0 aliphatic rings. The van der Waals surface area contributed by atoms with E-state index in [2.05, 4.69) is 24.5 Å². The number of carbonyl (C=O) groups excluding carboxylic acids is 1. The SMILES string of the molecule is CC(C)c1ccc(/C=C/C(=O)NC(=S)Nc2cccc(C(=O)O)c2)cc1. The Morgan fingerprint density at radius 1 is 1.12 bits per heavy atom. The van der Waals surface area contributed by atoms with Gasteiger partial charge in [-0.25, -0.2) is 4.79 Å². The molecule has 0 spiro atoms. The van der Waals surface area contributed by atoms with Crippen molar-refractivity contribution in [2.24, 2.45) is 0 Å². The Bertz CT molecular complexity index is 842. The van der Waals surface area contributed by atoms with E-state index in [0.717, 1.165) is 5.56 Å². The van der Waals surface area contributed by atoms with Crippen molar-refractivity contribution >= 4 is 41.0 Å². The minimum absolute atomic E-state index is 0.0948. The molecule has 2 rings (SSSR count). The molecule has 0 aromatic heterocycles. The fourth-order valence-electron chi connectivity index (χ4n) is 2.21. The molecule has 0 aliphatic heterocycles. The number of benzene rings is 2. The molecule has 0 unspecified atom stereocenters. The molecule has 26 heavy (non-hydrogen) atoms. The Hall–Kier alpha value is -2.99. The van der Waals surface area contributed by atoms with Crippen LogP contribution in [0.25, 0.3) is 6.08 Å². The summed E-state index contributed by atoms with van der Waals surface area (Å²) in [5.74, 6) is -0.945. The molecular formula is C20H20N2O3S. The van der Waals surface area contributed by atoms with Crippen molar-refractivity contribution < 1.29 is 14.7 Å². The number of hydrogen-bond donors (Lipinski definition) is 3. The Morgan fingerprint density at radius 2 is 1.81 bits per heavy atom. The van der Waals surface area contributed by atoms with Crippen LogP contribution in [0.5, 0.6) is 0 Å². The summed E-state index contributed by atoms with van der Waals surface area (Å²) in [7, 11) is 0. The Balaban J connectivity index is 1.91. The number of hydrogen-bond acceptors (Lipinski definition) is 3. The predicted molar refractivity (Wildman–Crippen MR) is 107 cm³/mol. The van der Waals surface area contributed by atoms with E-state index >= 15 is 0 Å². The molecule has 0 fully saturated rings. The number of carboxylic acids is 1. The first-order valence-electron chi connectivity index (χ1n) is 8.08. The fourth-order valence-corrected chi connectivity index (χ4v) is 2.43. The van der Waals surface area contributed by atoms with Crippen molar-refractivity contribution in [3.63, 3.8) is 0 Å². The minimum Gasteiger partial charge on any atom is -0.478 e. The van der Waals surface area contributed by atoms with Gasteiger partial charge in [0.1, 0.15) is 0 Å². The third-order valence-corrected chi connectivity index (χ3v) is 3.84. The van der Waals surface area contributed by atoms with Gasteiger partial charge in [-0.3, -0.25) is 10.1 Å². The summed E-state index contributed by atoms with van der Waals surface area (Å²) < 4.78 is 0. The number of anilines is 1. The first-order valence-corrected chi connectivity index (χ1v) is 8.49. The Labute approximate surface area is 157 Å². The van der Waals surface area contributed by atoms with E-state index in [0.29, 0.717) is 11.6 Å². The number of carboxylic acid groups (broad SMARTS) is 1. The standard InChI is InChI=1S/C20H20N2O3S/c1-13(2)15-9-6-14(7-10-15)8-11-18(23)22-20(26)21-17-5-3-4-16(12-17)19(24)25/h3-13H,1-2H3,(H,24,25)(H2,21,22,23,26)/b11-8+. The maximum atomic E-state index is 11.9. The number of thiocarbonyl (C=S) groups is 1. The summed E-state index contributed by atoms with van der Waals surface area (Å²) in [6, 6.07) is 14.1. The van der Waals surface area contributed by atoms with Gasteiger partial charge < -0.3 is 10.4 Å². The second-order valence-corrected chi connectivity index (χ2v) is 6.39. The maximum absolute atomic E-state index is 11.9. The molecule has 134 valence electrons. The summed E-state index contributed by atoms with van der Waals surface area (Å²) in [4.78, 5) is 22.9. The van der Waals surface area contributed by atoms with Crippen LogP contribution in [-0.2, 0) is 4.79 Å².